The second-order valence-electron chi connectivity index (χ2n) is 7.96. The van der Waals surface area contributed by atoms with Crippen molar-refractivity contribution in [1.29, 1.82) is 0 Å². The number of carbonyl (C=O) groups is 2. The number of anilines is 1. The Balaban J connectivity index is 1.81. The molecule has 0 aliphatic heterocycles. The molecule has 4 N–H and O–H groups in total. The Kier molecular flexibility index (Phi) is 8.08. The van der Waals surface area contributed by atoms with Crippen LogP contribution in [0.5, 0.6) is 0 Å². The highest BCUT2D eigenvalue weighted by atomic mass is 35.5. The van der Waals surface area contributed by atoms with Crippen molar-refractivity contribution in [2.75, 3.05) is 25.4 Å². The molecule has 0 spiro atoms. The molecule has 3 aromatic rings. The zero-order valence-corrected chi connectivity index (χ0v) is 19.9. The van der Waals surface area contributed by atoms with Crippen LogP contribution in [0.2, 0.25) is 5.02 Å². The van der Waals surface area contributed by atoms with E-state index in [-0.39, 0.29) is 28.6 Å². The predicted molar refractivity (Wildman–Crippen MR) is 124 cm³/mol. The summed E-state index contributed by atoms with van der Waals surface area (Å²) >= 11 is 5.86. The normalized spacial score (nSPS) is 13.2. The Labute approximate surface area is 212 Å². The minimum Gasteiger partial charge on any atom is -0.383 e. The van der Waals surface area contributed by atoms with Gasteiger partial charge in [-0.15, -0.1) is 0 Å². The van der Waals surface area contributed by atoms with E-state index in [0.29, 0.717) is 4.90 Å². The average molecular weight is 546 g/mol. The lowest BCUT2D eigenvalue weighted by atomic mass is 10.0. The number of carbonyl (C=O) groups excluding carboxylic acids is 2. The lowest BCUT2D eigenvalue weighted by Crippen LogP contribution is -2.60. The van der Waals surface area contributed by atoms with E-state index in [9.17, 15) is 36.6 Å². The molecule has 1 atom stereocenters. The van der Waals surface area contributed by atoms with Crippen LogP contribution in [-0.2, 0) is 0 Å². The lowest BCUT2D eigenvalue weighted by molar-refractivity contribution is -0.259. The van der Waals surface area contributed by atoms with Gasteiger partial charge in [0.1, 0.15) is 23.0 Å². The number of rotatable bonds is 8. The van der Waals surface area contributed by atoms with E-state index in [2.05, 4.69) is 5.10 Å². The molecule has 0 radical (unpaired) electrons. The van der Waals surface area contributed by atoms with Crippen LogP contribution in [-0.4, -0.2) is 63.0 Å². The van der Waals surface area contributed by atoms with Gasteiger partial charge in [-0.1, -0.05) is 17.7 Å². The van der Waals surface area contributed by atoms with Crippen LogP contribution in [0, 0.1) is 11.6 Å². The maximum atomic E-state index is 14.2. The standard InChI is InChI=1S/C23H21ClF5N5O3/c1-2-33(21(36)18-16(24)4-3-5-17(18)26)12-22(37,23(27,28)29)11-31-20(35)15-10-32-34(19(15)30)14-8-6-13(25)7-9-14/h3-10,37H,2,11-12,30H2,1H3,(H,31,35)/t22-/m0/s1. The van der Waals surface area contributed by atoms with Crippen molar-refractivity contribution in [2.24, 2.45) is 0 Å². The van der Waals surface area contributed by atoms with Crippen LogP contribution >= 0.6 is 11.6 Å². The predicted octanol–water partition coefficient (Wildman–Crippen LogP) is 3.57. The molecule has 0 aliphatic carbocycles. The molecule has 1 heterocycles. The molecule has 198 valence electrons. The fraction of sp³-hybridized carbons (Fsp3) is 0.261. The zero-order valence-electron chi connectivity index (χ0n) is 19.2. The summed E-state index contributed by atoms with van der Waals surface area (Å²) in [5.41, 5.74) is 1.60. The highest BCUT2D eigenvalue weighted by molar-refractivity contribution is 6.33. The summed E-state index contributed by atoms with van der Waals surface area (Å²) in [4.78, 5) is 25.9. The van der Waals surface area contributed by atoms with Crippen LogP contribution in [0.25, 0.3) is 5.69 Å². The summed E-state index contributed by atoms with van der Waals surface area (Å²) in [7, 11) is 0. The Bertz CT molecular complexity index is 1280. The third-order valence-corrected chi connectivity index (χ3v) is 5.80. The van der Waals surface area contributed by atoms with Gasteiger partial charge < -0.3 is 21.1 Å². The summed E-state index contributed by atoms with van der Waals surface area (Å²) in [6.07, 6.45) is -4.32. The van der Waals surface area contributed by atoms with Gasteiger partial charge in [0.15, 0.2) is 5.60 Å². The molecule has 0 saturated carbocycles. The second kappa shape index (κ2) is 10.7. The van der Waals surface area contributed by atoms with Crippen molar-refractivity contribution in [1.82, 2.24) is 20.0 Å². The van der Waals surface area contributed by atoms with E-state index < -0.39 is 53.9 Å². The molecule has 0 unspecified atom stereocenters. The number of nitrogen functional groups attached to an aromatic ring is 1. The number of aromatic nitrogens is 2. The molecule has 0 fully saturated rings. The van der Waals surface area contributed by atoms with E-state index in [0.717, 1.165) is 29.1 Å². The van der Waals surface area contributed by atoms with Crippen LogP contribution in [0.15, 0.2) is 48.7 Å². The topological polar surface area (TPSA) is 113 Å². The SMILES string of the molecule is CCN(C[C@@](O)(CNC(=O)c1cnn(-c2ccc(F)cc2)c1N)C(F)(F)F)C(=O)c1c(F)cccc1Cl. The number of likely N-dealkylation sites (N-methyl/N-ethyl adjacent to an activating group) is 1. The summed E-state index contributed by atoms with van der Waals surface area (Å²) in [5.74, 6) is -4.10. The molecule has 0 aliphatic rings. The first kappa shape index (κ1) is 27.9. The number of nitrogens with zero attached hydrogens (tertiary/aromatic N) is 3. The maximum absolute atomic E-state index is 14.2. The van der Waals surface area contributed by atoms with Crippen molar-refractivity contribution < 1.29 is 36.6 Å². The maximum Gasteiger partial charge on any atom is 0.420 e. The van der Waals surface area contributed by atoms with Gasteiger partial charge in [-0.05, 0) is 43.3 Å². The van der Waals surface area contributed by atoms with Crippen LogP contribution in [0.1, 0.15) is 27.6 Å². The summed E-state index contributed by atoms with van der Waals surface area (Å²) < 4.78 is 70.1. The molecule has 1 aromatic heterocycles. The number of alkyl halides is 3. The molecule has 3 rings (SSSR count). The number of aliphatic hydroxyl groups is 1. The Morgan fingerprint density at radius 3 is 2.38 bits per heavy atom. The van der Waals surface area contributed by atoms with E-state index in [1.54, 1.807) is 0 Å². The molecule has 2 aromatic carbocycles. The van der Waals surface area contributed by atoms with Gasteiger partial charge in [-0.25, -0.2) is 13.5 Å². The fourth-order valence-electron chi connectivity index (χ4n) is 3.39. The van der Waals surface area contributed by atoms with Crippen molar-refractivity contribution >= 4 is 29.2 Å². The van der Waals surface area contributed by atoms with E-state index in [4.69, 9.17) is 17.3 Å². The molecule has 0 saturated heterocycles. The van der Waals surface area contributed by atoms with Crippen molar-refractivity contribution in [2.45, 2.75) is 18.7 Å². The highest BCUT2D eigenvalue weighted by Gasteiger charge is 2.55. The summed E-state index contributed by atoms with van der Waals surface area (Å²) in [5, 5.41) is 16.0. The number of hydrogen-bond donors (Lipinski definition) is 3. The molecular formula is C23H21ClF5N5O3. The highest BCUT2D eigenvalue weighted by Crippen LogP contribution is 2.32. The van der Waals surface area contributed by atoms with Crippen LogP contribution in [0.4, 0.5) is 27.8 Å². The molecule has 8 nitrogen and oxygen atoms in total. The smallest absolute Gasteiger partial charge is 0.383 e. The third kappa shape index (κ3) is 5.83. The van der Waals surface area contributed by atoms with Crippen molar-refractivity contribution in [3.05, 3.63) is 76.4 Å². The molecule has 37 heavy (non-hydrogen) atoms. The van der Waals surface area contributed by atoms with Gasteiger partial charge in [0.05, 0.1) is 35.6 Å². The van der Waals surface area contributed by atoms with E-state index in [1.807, 2.05) is 5.32 Å². The van der Waals surface area contributed by atoms with Gasteiger partial charge in [0.2, 0.25) is 0 Å². The number of halogens is 6. The first-order valence-corrected chi connectivity index (χ1v) is 11.1. The molecule has 0 bridgehead atoms. The molecule has 2 amide bonds. The first-order valence-electron chi connectivity index (χ1n) is 10.7. The van der Waals surface area contributed by atoms with E-state index >= 15 is 0 Å². The average Bonchev–Trinajstić information content (AvgIpc) is 3.21. The molecule has 14 heteroatoms. The Morgan fingerprint density at radius 2 is 1.81 bits per heavy atom. The monoisotopic (exact) mass is 545 g/mol. The summed E-state index contributed by atoms with van der Waals surface area (Å²) in [6.45, 7) is -1.72. The number of hydrogen-bond acceptors (Lipinski definition) is 5. The minimum absolute atomic E-state index is 0.251. The zero-order chi connectivity index (χ0) is 27.5. The minimum atomic E-state index is -5.31. The van der Waals surface area contributed by atoms with Gasteiger partial charge in [0.25, 0.3) is 11.8 Å². The lowest BCUT2D eigenvalue weighted by Gasteiger charge is -2.35. The fourth-order valence-corrected chi connectivity index (χ4v) is 3.64. The van der Waals surface area contributed by atoms with Crippen LogP contribution in [0.3, 0.4) is 0 Å². The number of nitrogens with one attached hydrogen (secondary N) is 1. The summed E-state index contributed by atoms with van der Waals surface area (Å²) in [6, 6.07) is 8.21. The van der Waals surface area contributed by atoms with E-state index in [1.165, 1.54) is 31.2 Å². The molecular weight excluding hydrogens is 525 g/mol. The third-order valence-electron chi connectivity index (χ3n) is 5.49. The van der Waals surface area contributed by atoms with Crippen molar-refractivity contribution in [3.63, 3.8) is 0 Å². The Morgan fingerprint density at radius 1 is 1.16 bits per heavy atom. The number of nitrogens with two attached hydrogens (primary N) is 1. The largest absolute Gasteiger partial charge is 0.420 e. The second-order valence-corrected chi connectivity index (χ2v) is 8.37. The van der Waals surface area contributed by atoms with Gasteiger partial charge in [0, 0.05) is 6.54 Å². The van der Waals surface area contributed by atoms with Gasteiger partial charge in [-0.3, -0.25) is 9.59 Å². The van der Waals surface area contributed by atoms with Gasteiger partial charge in [-0.2, -0.15) is 18.3 Å². The Hall–Kier alpha value is -3.71. The first-order chi connectivity index (χ1) is 17.3. The van der Waals surface area contributed by atoms with Gasteiger partial charge >= 0.3 is 6.18 Å². The van der Waals surface area contributed by atoms with Crippen molar-refractivity contribution in [3.8, 4) is 5.69 Å². The quantitative estimate of drug-likeness (QED) is 0.375. The number of benzene rings is 2. The number of amides is 2. The van der Waals surface area contributed by atoms with Crippen LogP contribution < -0.4 is 11.1 Å².